The van der Waals surface area contributed by atoms with Gasteiger partial charge >= 0.3 is 5.97 Å². The molecule has 36 heavy (non-hydrogen) atoms. The number of fused-ring (bicyclic) bond motifs is 3. The van der Waals surface area contributed by atoms with Gasteiger partial charge < -0.3 is 29.5 Å². The molecule has 0 aromatic rings. The molecule has 2 aliphatic heterocycles. The Kier molecular flexibility index (Phi) is 6.80. The van der Waals surface area contributed by atoms with E-state index in [1.54, 1.807) is 20.8 Å². The van der Waals surface area contributed by atoms with Crippen LogP contribution in [0.4, 0.5) is 0 Å². The Morgan fingerprint density at radius 1 is 1.19 bits per heavy atom. The first-order chi connectivity index (χ1) is 16.6. The van der Waals surface area contributed by atoms with E-state index in [4.69, 9.17) is 14.2 Å². The lowest BCUT2D eigenvalue weighted by Gasteiger charge is -2.71. The van der Waals surface area contributed by atoms with E-state index in [1.807, 2.05) is 18.7 Å². The van der Waals surface area contributed by atoms with Crippen LogP contribution in [0.2, 0.25) is 0 Å². The summed E-state index contributed by atoms with van der Waals surface area (Å²) >= 11 is 0. The van der Waals surface area contributed by atoms with Crippen molar-refractivity contribution in [3.8, 4) is 0 Å². The van der Waals surface area contributed by atoms with E-state index < -0.39 is 69.7 Å². The Morgan fingerprint density at radius 3 is 2.39 bits per heavy atom. The smallest absolute Gasteiger partial charge is 0.323 e. The van der Waals surface area contributed by atoms with Crippen LogP contribution < -0.4 is 0 Å². The number of hydrogen-bond donors (Lipinski definition) is 3. The number of aliphatic hydroxyl groups excluding tert-OH is 2. The lowest BCUT2D eigenvalue weighted by molar-refractivity contribution is -0.371. The largest absolute Gasteiger partial charge is 0.455 e. The van der Waals surface area contributed by atoms with Crippen molar-refractivity contribution in [3.63, 3.8) is 0 Å². The Balaban J connectivity index is 1.83. The summed E-state index contributed by atoms with van der Waals surface area (Å²) < 4.78 is 17.9. The molecule has 0 radical (unpaired) electrons. The van der Waals surface area contributed by atoms with Crippen molar-refractivity contribution in [3.05, 3.63) is 12.7 Å². The summed E-state index contributed by atoms with van der Waals surface area (Å²) in [5.41, 5.74) is -7.23. The molecule has 0 bridgehead atoms. The number of morpholine rings is 1. The molecule has 0 spiro atoms. The lowest BCUT2D eigenvalue weighted by atomic mass is 9.40. The van der Waals surface area contributed by atoms with Gasteiger partial charge in [0.2, 0.25) is 0 Å². The molecule has 2 saturated heterocycles. The summed E-state index contributed by atoms with van der Waals surface area (Å²) in [6, 6.07) is -0.624. The Labute approximate surface area is 213 Å². The van der Waals surface area contributed by atoms with Crippen molar-refractivity contribution >= 4 is 11.8 Å². The summed E-state index contributed by atoms with van der Waals surface area (Å²) in [4.78, 5) is 29.3. The van der Waals surface area contributed by atoms with E-state index in [0.29, 0.717) is 39.1 Å². The van der Waals surface area contributed by atoms with E-state index in [9.17, 15) is 24.9 Å². The molecule has 2 heterocycles. The SMILES string of the molecule is C=C[C@@]1(C)CC(=O)[C@]2(O)C3(C)C(C(O)C(OC(=O)C(C)N4CCOCC4)[C@@]2(C)O1)C(C)(C)CC[C@@H]3O. The number of esters is 1. The molecular formula is C27H43NO8. The molecule has 9 nitrogen and oxygen atoms in total. The molecule has 0 aromatic heterocycles. The fourth-order valence-electron chi connectivity index (χ4n) is 7.82. The van der Waals surface area contributed by atoms with Crippen LogP contribution in [0.15, 0.2) is 12.7 Å². The maximum Gasteiger partial charge on any atom is 0.323 e. The number of hydrogen-bond acceptors (Lipinski definition) is 9. The van der Waals surface area contributed by atoms with Gasteiger partial charge in [0.1, 0.15) is 11.6 Å². The zero-order valence-electron chi connectivity index (χ0n) is 22.5. The van der Waals surface area contributed by atoms with Gasteiger partial charge in [0, 0.05) is 30.8 Å². The Morgan fingerprint density at radius 2 is 1.81 bits per heavy atom. The summed E-state index contributed by atoms with van der Waals surface area (Å²) in [6.07, 6.45) is -1.46. The number of rotatable bonds is 4. The zero-order valence-corrected chi connectivity index (χ0v) is 22.5. The predicted octanol–water partition coefficient (Wildman–Crippen LogP) is 1.22. The van der Waals surface area contributed by atoms with Crippen LogP contribution in [0.5, 0.6) is 0 Å². The summed E-state index contributed by atoms with van der Waals surface area (Å²) in [5.74, 6) is -1.84. The minimum atomic E-state index is -2.23. The number of ketones is 1. The van der Waals surface area contributed by atoms with Gasteiger partial charge in [0.15, 0.2) is 17.5 Å². The van der Waals surface area contributed by atoms with Gasteiger partial charge in [-0.05, 0) is 39.0 Å². The third-order valence-electron chi connectivity index (χ3n) is 9.90. The first-order valence-corrected chi connectivity index (χ1v) is 13.1. The number of carbonyl (C=O) groups is 2. The molecule has 5 unspecified atom stereocenters. The van der Waals surface area contributed by atoms with Crippen LogP contribution in [0.3, 0.4) is 0 Å². The van der Waals surface area contributed by atoms with E-state index in [-0.39, 0.29) is 6.42 Å². The second-order valence-corrected chi connectivity index (χ2v) is 12.5. The number of aliphatic hydroxyl groups is 3. The molecule has 4 fully saturated rings. The minimum Gasteiger partial charge on any atom is -0.455 e. The molecule has 2 saturated carbocycles. The first kappa shape index (κ1) is 27.7. The molecule has 204 valence electrons. The molecule has 0 aromatic carbocycles. The van der Waals surface area contributed by atoms with Crippen LogP contribution in [0.25, 0.3) is 0 Å². The zero-order chi connectivity index (χ0) is 26.9. The number of carbonyl (C=O) groups excluding carboxylic acids is 2. The molecule has 3 N–H and O–H groups in total. The molecular weight excluding hydrogens is 466 g/mol. The summed E-state index contributed by atoms with van der Waals surface area (Å²) in [7, 11) is 0. The van der Waals surface area contributed by atoms with Crippen molar-refractivity contribution in [2.75, 3.05) is 26.3 Å². The summed E-state index contributed by atoms with van der Waals surface area (Å²) in [5, 5.41) is 35.8. The molecule has 2 aliphatic carbocycles. The Bertz CT molecular complexity index is 917. The summed E-state index contributed by atoms with van der Waals surface area (Å²) in [6.45, 7) is 16.4. The van der Waals surface area contributed by atoms with Gasteiger partial charge in [0.25, 0.3) is 0 Å². The third kappa shape index (κ3) is 3.65. The van der Waals surface area contributed by atoms with Crippen LogP contribution in [0, 0.1) is 16.7 Å². The van der Waals surface area contributed by atoms with E-state index >= 15 is 0 Å². The van der Waals surface area contributed by atoms with E-state index in [2.05, 4.69) is 6.58 Å². The molecule has 9 heteroatoms. The van der Waals surface area contributed by atoms with Gasteiger partial charge in [-0.1, -0.05) is 26.8 Å². The molecule has 0 amide bonds. The molecule has 4 aliphatic rings. The van der Waals surface area contributed by atoms with Gasteiger partial charge in [-0.25, -0.2) is 0 Å². The van der Waals surface area contributed by atoms with Crippen LogP contribution in [-0.2, 0) is 23.8 Å². The highest BCUT2D eigenvalue weighted by atomic mass is 16.6. The van der Waals surface area contributed by atoms with E-state index in [0.717, 1.165) is 0 Å². The molecule has 9 atom stereocenters. The van der Waals surface area contributed by atoms with Crippen molar-refractivity contribution in [2.45, 2.75) is 102 Å². The maximum absolute atomic E-state index is 13.9. The quantitative estimate of drug-likeness (QED) is 0.379. The first-order valence-electron chi connectivity index (χ1n) is 13.1. The number of nitrogens with zero attached hydrogens (tertiary/aromatic N) is 1. The molecule has 4 rings (SSSR count). The third-order valence-corrected chi connectivity index (χ3v) is 9.90. The highest BCUT2D eigenvalue weighted by molar-refractivity contribution is 5.92. The second-order valence-electron chi connectivity index (χ2n) is 12.5. The highest BCUT2D eigenvalue weighted by Gasteiger charge is 2.81. The average Bonchev–Trinajstić information content (AvgIpc) is 2.82. The monoisotopic (exact) mass is 509 g/mol. The maximum atomic E-state index is 13.9. The van der Waals surface area contributed by atoms with Crippen LogP contribution >= 0.6 is 0 Å². The fourth-order valence-corrected chi connectivity index (χ4v) is 7.82. The van der Waals surface area contributed by atoms with Gasteiger partial charge in [-0.15, -0.1) is 6.58 Å². The highest BCUT2D eigenvalue weighted by Crippen LogP contribution is 2.67. The van der Waals surface area contributed by atoms with Gasteiger partial charge in [-0.2, -0.15) is 0 Å². The number of Topliss-reactive ketones (excluding diaryl/α,β-unsaturated/α-hetero) is 1. The van der Waals surface area contributed by atoms with Gasteiger partial charge in [-0.3, -0.25) is 14.5 Å². The predicted molar refractivity (Wildman–Crippen MR) is 131 cm³/mol. The average molecular weight is 510 g/mol. The standard InChI is InChI=1S/C27H43NO8/c1-8-24(5)15-18(30)27(33)25(6)17(29)9-10-23(3,4)20(25)19(31)21(26(27,7)36-24)35-22(32)16(2)28-11-13-34-14-12-28/h8,16-17,19-21,29,31,33H,1,9-15H2,2-7H3/t16?,17-,19?,20?,21?,24-,25?,26+,27-/m0/s1. The van der Waals surface area contributed by atoms with Crippen molar-refractivity contribution in [1.29, 1.82) is 0 Å². The van der Waals surface area contributed by atoms with Crippen molar-refractivity contribution < 1.29 is 39.1 Å². The fraction of sp³-hybridized carbons (Fsp3) is 0.852. The van der Waals surface area contributed by atoms with Gasteiger partial charge in [0.05, 0.1) is 31.0 Å². The topological polar surface area (TPSA) is 126 Å². The normalized spacial score (nSPS) is 47.9. The van der Waals surface area contributed by atoms with Crippen LogP contribution in [0.1, 0.15) is 60.8 Å². The van der Waals surface area contributed by atoms with Crippen molar-refractivity contribution in [2.24, 2.45) is 16.7 Å². The number of ether oxygens (including phenoxy) is 3. The second kappa shape index (κ2) is 8.85. The lowest BCUT2D eigenvalue weighted by Crippen LogP contribution is -2.86. The Hall–Kier alpha value is -1.36. The minimum absolute atomic E-state index is 0.154. The van der Waals surface area contributed by atoms with Crippen molar-refractivity contribution in [1.82, 2.24) is 4.90 Å². The van der Waals surface area contributed by atoms with Crippen LogP contribution in [-0.4, -0.2) is 99.4 Å². The van der Waals surface area contributed by atoms with E-state index in [1.165, 1.54) is 13.0 Å².